The molecule has 2 heterocycles. The SMILES string of the molecule is O=S(=O)(Nc1ccc2[nH]c3ncccc3c2c1)c1ccccc1. The van der Waals surface area contributed by atoms with Gasteiger partial charge in [0, 0.05) is 28.2 Å². The number of benzene rings is 2. The van der Waals surface area contributed by atoms with Crippen LogP contribution in [0.5, 0.6) is 0 Å². The Morgan fingerprint density at radius 2 is 1.74 bits per heavy atom. The van der Waals surface area contributed by atoms with E-state index in [0.29, 0.717) is 5.69 Å². The van der Waals surface area contributed by atoms with E-state index in [4.69, 9.17) is 0 Å². The molecule has 4 aromatic rings. The van der Waals surface area contributed by atoms with E-state index in [1.807, 2.05) is 24.3 Å². The fourth-order valence-electron chi connectivity index (χ4n) is 2.60. The maximum atomic E-state index is 12.4. The second-order valence-corrected chi connectivity index (χ2v) is 6.89. The molecule has 0 fully saturated rings. The maximum absolute atomic E-state index is 12.4. The topological polar surface area (TPSA) is 74.8 Å². The number of aromatic amines is 1. The number of rotatable bonds is 3. The summed E-state index contributed by atoms with van der Waals surface area (Å²) in [6.07, 6.45) is 1.72. The summed E-state index contributed by atoms with van der Waals surface area (Å²) in [6, 6.07) is 17.5. The second-order valence-electron chi connectivity index (χ2n) is 5.20. The van der Waals surface area contributed by atoms with Crippen LogP contribution < -0.4 is 4.72 Å². The zero-order valence-corrected chi connectivity index (χ0v) is 12.8. The first-order valence-corrected chi connectivity index (χ1v) is 8.56. The van der Waals surface area contributed by atoms with Gasteiger partial charge in [0.25, 0.3) is 10.0 Å². The lowest BCUT2D eigenvalue weighted by Gasteiger charge is -2.08. The third-order valence-corrected chi connectivity index (χ3v) is 5.07. The van der Waals surface area contributed by atoms with Crippen molar-refractivity contribution in [2.75, 3.05) is 4.72 Å². The molecule has 6 heteroatoms. The van der Waals surface area contributed by atoms with E-state index in [9.17, 15) is 8.42 Å². The molecular weight excluding hydrogens is 310 g/mol. The van der Waals surface area contributed by atoms with Crippen molar-refractivity contribution in [1.29, 1.82) is 0 Å². The molecule has 114 valence electrons. The van der Waals surface area contributed by atoms with Gasteiger partial charge < -0.3 is 4.98 Å². The zero-order chi connectivity index (χ0) is 15.9. The van der Waals surface area contributed by atoms with Gasteiger partial charge in [-0.05, 0) is 42.5 Å². The lowest BCUT2D eigenvalue weighted by Crippen LogP contribution is -2.12. The first kappa shape index (κ1) is 13.8. The van der Waals surface area contributed by atoms with Gasteiger partial charge in [-0.3, -0.25) is 4.72 Å². The summed E-state index contributed by atoms with van der Waals surface area (Å²) in [5.74, 6) is 0. The number of hydrogen-bond donors (Lipinski definition) is 2. The monoisotopic (exact) mass is 323 g/mol. The maximum Gasteiger partial charge on any atom is 0.261 e. The van der Waals surface area contributed by atoms with Crippen LogP contribution in [-0.2, 0) is 10.0 Å². The number of fused-ring (bicyclic) bond motifs is 3. The van der Waals surface area contributed by atoms with Crippen molar-refractivity contribution in [3.8, 4) is 0 Å². The molecule has 0 aliphatic rings. The fourth-order valence-corrected chi connectivity index (χ4v) is 3.67. The number of nitrogens with one attached hydrogen (secondary N) is 2. The van der Waals surface area contributed by atoms with Crippen molar-refractivity contribution in [2.24, 2.45) is 0 Å². The number of nitrogens with zero attached hydrogens (tertiary/aromatic N) is 1. The summed E-state index contributed by atoms with van der Waals surface area (Å²) in [7, 11) is -3.59. The predicted molar refractivity (Wildman–Crippen MR) is 90.9 cm³/mol. The number of H-pyrrole nitrogens is 1. The third kappa shape index (κ3) is 2.43. The zero-order valence-electron chi connectivity index (χ0n) is 12.0. The second kappa shape index (κ2) is 5.10. The highest BCUT2D eigenvalue weighted by molar-refractivity contribution is 7.92. The number of sulfonamides is 1. The molecule has 0 radical (unpaired) electrons. The Hall–Kier alpha value is -2.86. The van der Waals surface area contributed by atoms with Crippen LogP contribution >= 0.6 is 0 Å². The molecule has 2 N–H and O–H groups in total. The molecule has 4 rings (SSSR count). The highest BCUT2D eigenvalue weighted by atomic mass is 32.2. The predicted octanol–water partition coefficient (Wildman–Crippen LogP) is 3.52. The Labute approximate surface area is 133 Å². The van der Waals surface area contributed by atoms with Gasteiger partial charge >= 0.3 is 0 Å². The molecule has 0 saturated carbocycles. The van der Waals surface area contributed by atoms with Gasteiger partial charge in [0.2, 0.25) is 0 Å². The summed E-state index contributed by atoms with van der Waals surface area (Å²) in [5, 5.41) is 1.89. The first-order valence-electron chi connectivity index (χ1n) is 7.08. The van der Waals surface area contributed by atoms with Crippen molar-refractivity contribution >= 4 is 37.6 Å². The standard InChI is InChI=1S/C17H13N3O2S/c21-23(22,13-5-2-1-3-6-13)20-12-8-9-16-15(11-12)14-7-4-10-18-17(14)19-16/h1-11,20H,(H,18,19). The fraction of sp³-hybridized carbons (Fsp3) is 0. The van der Waals surface area contributed by atoms with Crippen molar-refractivity contribution in [1.82, 2.24) is 9.97 Å². The van der Waals surface area contributed by atoms with Crippen LogP contribution in [0.15, 0.2) is 71.8 Å². The summed E-state index contributed by atoms with van der Waals surface area (Å²) in [4.78, 5) is 7.72. The van der Waals surface area contributed by atoms with Crippen molar-refractivity contribution in [2.45, 2.75) is 4.90 Å². The van der Waals surface area contributed by atoms with E-state index in [-0.39, 0.29) is 4.90 Å². The van der Waals surface area contributed by atoms with E-state index in [0.717, 1.165) is 21.9 Å². The summed E-state index contributed by atoms with van der Waals surface area (Å²) in [6.45, 7) is 0. The third-order valence-electron chi connectivity index (χ3n) is 3.68. The van der Waals surface area contributed by atoms with Crippen LogP contribution in [0.4, 0.5) is 5.69 Å². The van der Waals surface area contributed by atoms with Gasteiger partial charge in [0.1, 0.15) is 5.65 Å². The van der Waals surface area contributed by atoms with Crippen LogP contribution in [-0.4, -0.2) is 18.4 Å². The minimum Gasteiger partial charge on any atom is -0.339 e. The van der Waals surface area contributed by atoms with Gasteiger partial charge in [-0.1, -0.05) is 18.2 Å². The Balaban J connectivity index is 1.79. The average molecular weight is 323 g/mol. The van der Waals surface area contributed by atoms with Crippen LogP contribution in [0.2, 0.25) is 0 Å². The Bertz CT molecular complexity index is 1100. The quantitative estimate of drug-likeness (QED) is 0.606. The average Bonchev–Trinajstić information content (AvgIpc) is 2.93. The number of aromatic nitrogens is 2. The minimum atomic E-state index is -3.59. The molecule has 0 bridgehead atoms. The molecule has 0 unspecified atom stereocenters. The van der Waals surface area contributed by atoms with Crippen LogP contribution in [0, 0.1) is 0 Å². The summed E-state index contributed by atoms with van der Waals surface area (Å²) >= 11 is 0. The van der Waals surface area contributed by atoms with Crippen LogP contribution in [0.1, 0.15) is 0 Å². The summed E-state index contributed by atoms with van der Waals surface area (Å²) in [5.41, 5.74) is 2.22. The Morgan fingerprint density at radius 1 is 0.913 bits per heavy atom. The largest absolute Gasteiger partial charge is 0.339 e. The molecule has 0 saturated heterocycles. The van der Waals surface area contributed by atoms with Gasteiger partial charge in [-0.15, -0.1) is 0 Å². The minimum absolute atomic E-state index is 0.237. The van der Waals surface area contributed by atoms with Gasteiger partial charge in [0.05, 0.1) is 4.90 Å². The number of pyridine rings is 1. The molecule has 0 spiro atoms. The molecule has 0 aliphatic carbocycles. The van der Waals surface area contributed by atoms with Gasteiger partial charge in [-0.2, -0.15) is 0 Å². The Morgan fingerprint density at radius 3 is 2.57 bits per heavy atom. The highest BCUT2D eigenvalue weighted by Gasteiger charge is 2.14. The molecule has 0 amide bonds. The van der Waals surface area contributed by atoms with E-state index in [2.05, 4.69) is 14.7 Å². The van der Waals surface area contributed by atoms with Crippen molar-refractivity contribution in [3.63, 3.8) is 0 Å². The first-order chi connectivity index (χ1) is 11.1. The van der Waals surface area contributed by atoms with Crippen molar-refractivity contribution < 1.29 is 8.42 Å². The number of anilines is 1. The molecule has 2 aromatic heterocycles. The lowest BCUT2D eigenvalue weighted by atomic mass is 10.2. The van der Waals surface area contributed by atoms with Crippen molar-refractivity contribution in [3.05, 3.63) is 66.9 Å². The van der Waals surface area contributed by atoms with Crippen LogP contribution in [0.3, 0.4) is 0 Å². The molecule has 2 aromatic carbocycles. The molecular formula is C17H13N3O2S. The molecule has 23 heavy (non-hydrogen) atoms. The lowest BCUT2D eigenvalue weighted by molar-refractivity contribution is 0.601. The van der Waals surface area contributed by atoms with E-state index in [1.165, 1.54) is 0 Å². The molecule has 5 nitrogen and oxygen atoms in total. The van der Waals surface area contributed by atoms with E-state index < -0.39 is 10.0 Å². The van der Waals surface area contributed by atoms with Crippen LogP contribution in [0.25, 0.3) is 21.9 Å². The highest BCUT2D eigenvalue weighted by Crippen LogP contribution is 2.27. The molecule has 0 atom stereocenters. The van der Waals surface area contributed by atoms with E-state index >= 15 is 0 Å². The normalized spacial score (nSPS) is 11.8. The molecule has 0 aliphatic heterocycles. The Kier molecular flexibility index (Phi) is 3.06. The van der Waals surface area contributed by atoms with Gasteiger partial charge in [0.15, 0.2) is 0 Å². The van der Waals surface area contributed by atoms with E-state index in [1.54, 1.807) is 42.6 Å². The number of hydrogen-bond acceptors (Lipinski definition) is 3. The summed E-state index contributed by atoms with van der Waals surface area (Å²) < 4.78 is 27.4. The van der Waals surface area contributed by atoms with Gasteiger partial charge in [-0.25, -0.2) is 13.4 Å². The smallest absolute Gasteiger partial charge is 0.261 e.